The number of carbonyl (C=O) groups is 1. The Morgan fingerprint density at radius 3 is 2.86 bits per heavy atom. The molecule has 0 unspecified atom stereocenters. The van der Waals surface area contributed by atoms with Gasteiger partial charge in [-0.2, -0.15) is 0 Å². The molecule has 1 aromatic carbocycles. The number of ether oxygens (including phenoxy) is 1. The molecular formula is C17H25NO4. The summed E-state index contributed by atoms with van der Waals surface area (Å²) in [6.07, 6.45) is 1.93. The van der Waals surface area contributed by atoms with Gasteiger partial charge in [0.25, 0.3) is 5.91 Å². The first-order valence-electron chi connectivity index (χ1n) is 7.97. The minimum absolute atomic E-state index is 0.0418. The maximum absolute atomic E-state index is 12.7. The smallest absolute Gasteiger partial charge is 0.257 e. The molecule has 2 N–H and O–H groups in total. The topological polar surface area (TPSA) is 70.0 Å². The van der Waals surface area contributed by atoms with Crippen molar-refractivity contribution in [2.75, 3.05) is 26.3 Å². The van der Waals surface area contributed by atoms with E-state index in [0.29, 0.717) is 30.9 Å². The Balaban J connectivity index is 2.06. The zero-order valence-corrected chi connectivity index (χ0v) is 13.1. The SMILES string of the molecule is CCCCOc1ccccc1C(=O)N1CC[C@H](CO)[C@H](O)C1. The van der Waals surface area contributed by atoms with E-state index < -0.39 is 6.10 Å². The van der Waals surface area contributed by atoms with Gasteiger partial charge < -0.3 is 19.8 Å². The lowest BCUT2D eigenvalue weighted by molar-refractivity contribution is 0.000738. The molecule has 1 saturated heterocycles. The highest BCUT2D eigenvalue weighted by atomic mass is 16.5. The second kappa shape index (κ2) is 8.15. The molecule has 1 aromatic rings. The first kappa shape index (κ1) is 16.8. The minimum Gasteiger partial charge on any atom is -0.493 e. The quantitative estimate of drug-likeness (QED) is 0.785. The monoisotopic (exact) mass is 307 g/mol. The number of nitrogens with zero attached hydrogens (tertiary/aromatic N) is 1. The number of aliphatic hydroxyl groups is 2. The molecule has 0 saturated carbocycles. The Bertz CT molecular complexity index is 491. The number of benzene rings is 1. The van der Waals surface area contributed by atoms with E-state index in [2.05, 4.69) is 6.92 Å². The van der Waals surface area contributed by atoms with Gasteiger partial charge in [0.15, 0.2) is 0 Å². The predicted octanol–water partition coefficient (Wildman–Crippen LogP) is 1.68. The van der Waals surface area contributed by atoms with Crippen LogP contribution in [0.5, 0.6) is 5.75 Å². The normalized spacial score (nSPS) is 21.7. The number of hydrogen-bond donors (Lipinski definition) is 2. The molecule has 2 atom stereocenters. The number of aliphatic hydroxyl groups excluding tert-OH is 2. The number of hydrogen-bond acceptors (Lipinski definition) is 4. The summed E-state index contributed by atoms with van der Waals surface area (Å²) >= 11 is 0. The lowest BCUT2D eigenvalue weighted by Gasteiger charge is -2.35. The summed E-state index contributed by atoms with van der Waals surface area (Å²) in [5.41, 5.74) is 0.535. The minimum atomic E-state index is -0.670. The maximum Gasteiger partial charge on any atom is 0.257 e. The van der Waals surface area contributed by atoms with Gasteiger partial charge in [0.2, 0.25) is 0 Å². The van der Waals surface area contributed by atoms with Crippen molar-refractivity contribution in [1.29, 1.82) is 0 Å². The van der Waals surface area contributed by atoms with Crippen molar-refractivity contribution < 1.29 is 19.7 Å². The Hall–Kier alpha value is -1.59. The van der Waals surface area contributed by atoms with Crippen LogP contribution in [0.2, 0.25) is 0 Å². The zero-order chi connectivity index (χ0) is 15.9. The number of amides is 1. The second-order valence-electron chi connectivity index (χ2n) is 5.75. The molecule has 5 heteroatoms. The highest BCUT2D eigenvalue weighted by molar-refractivity contribution is 5.97. The number of para-hydroxylation sites is 1. The van der Waals surface area contributed by atoms with Crippen LogP contribution in [0.15, 0.2) is 24.3 Å². The van der Waals surface area contributed by atoms with Crippen molar-refractivity contribution in [2.24, 2.45) is 5.92 Å². The van der Waals surface area contributed by atoms with Crippen LogP contribution >= 0.6 is 0 Å². The molecule has 0 aromatic heterocycles. The van der Waals surface area contributed by atoms with Crippen LogP contribution in [0, 0.1) is 5.92 Å². The van der Waals surface area contributed by atoms with Crippen LogP contribution in [0.25, 0.3) is 0 Å². The van der Waals surface area contributed by atoms with Gasteiger partial charge in [-0.1, -0.05) is 25.5 Å². The average molecular weight is 307 g/mol. The standard InChI is InChI=1S/C17H25NO4/c1-2-3-10-22-16-7-5-4-6-14(16)17(21)18-9-8-13(12-19)15(20)11-18/h4-7,13,15,19-20H,2-3,8-12H2,1H3/t13-,15-/m1/s1. The van der Waals surface area contributed by atoms with Crippen LogP contribution in [-0.4, -0.2) is 53.4 Å². The summed E-state index contributed by atoms with van der Waals surface area (Å²) in [5.74, 6) is 0.336. The first-order chi connectivity index (χ1) is 10.7. The van der Waals surface area contributed by atoms with E-state index in [-0.39, 0.29) is 25.0 Å². The van der Waals surface area contributed by atoms with Gasteiger partial charge in [-0.3, -0.25) is 4.79 Å². The molecule has 1 amide bonds. The summed E-state index contributed by atoms with van der Waals surface area (Å²) in [6.45, 7) is 3.45. The Morgan fingerprint density at radius 2 is 2.18 bits per heavy atom. The van der Waals surface area contributed by atoms with Gasteiger partial charge in [-0.25, -0.2) is 0 Å². The van der Waals surface area contributed by atoms with Crippen LogP contribution in [0.3, 0.4) is 0 Å². The zero-order valence-electron chi connectivity index (χ0n) is 13.1. The van der Waals surface area contributed by atoms with Crippen molar-refractivity contribution in [3.05, 3.63) is 29.8 Å². The van der Waals surface area contributed by atoms with Crippen LogP contribution < -0.4 is 4.74 Å². The Morgan fingerprint density at radius 1 is 1.41 bits per heavy atom. The Labute approximate surface area is 131 Å². The summed E-state index contributed by atoms with van der Waals surface area (Å²) in [7, 11) is 0. The lowest BCUT2D eigenvalue weighted by atomic mass is 9.94. The molecule has 0 aliphatic carbocycles. The Kier molecular flexibility index (Phi) is 6.21. The van der Waals surface area contributed by atoms with Crippen LogP contribution in [-0.2, 0) is 0 Å². The van der Waals surface area contributed by atoms with Crippen LogP contribution in [0.4, 0.5) is 0 Å². The fraction of sp³-hybridized carbons (Fsp3) is 0.588. The third kappa shape index (κ3) is 3.99. The number of rotatable bonds is 6. The van der Waals surface area contributed by atoms with Crippen molar-refractivity contribution in [1.82, 2.24) is 4.90 Å². The molecule has 5 nitrogen and oxygen atoms in total. The van der Waals surface area contributed by atoms with E-state index in [0.717, 1.165) is 12.8 Å². The summed E-state index contributed by atoms with van der Waals surface area (Å²) < 4.78 is 5.71. The first-order valence-corrected chi connectivity index (χ1v) is 7.97. The molecule has 0 bridgehead atoms. The number of carbonyl (C=O) groups excluding carboxylic acids is 1. The fourth-order valence-corrected chi connectivity index (χ4v) is 2.64. The average Bonchev–Trinajstić information content (AvgIpc) is 2.55. The molecule has 0 radical (unpaired) electrons. The molecule has 1 heterocycles. The second-order valence-corrected chi connectivity index (χ2v) is 5.75. The van der Waals surface area contributed by atoms with E-state index in [1.54, 1.807) is 17.0 Å². The van der Waals surface area contributed by atoms with E-state index in [4.69, 9.17) is 4.74 Å². The van der Waals surface area contributed by atoms with Gasteiger partial charge in [-0.15, -0.1) is 0 Å². The third-order valence-electron chi connectivity index (χ3n) is 4.12. The van der Waals surface area contributed by atoms with Crippen LogP contribution in [0.1, 0.15) is 36.5 Å². The summed E-state index contributed by atoms with van der Waals surface area (Å²) in [4.78, 5) is 14.3. The van der Waals surface area contributed by atoms with E-state index in [1.807, 2.05) is 12.1 Å². The van der Waals surface area contributed by atoms with E-state index >= 15 is 0 Å². The molecule has 1 fully saturated rings. The van der Waals surface area contributed by atoms with Crippen molar-refractivity contribution >= 4 is 5.91 Å². The van der Waals surface area contributed by atoms with Gasteiger partial charge in [0.1, 0.15) is 5.75 Å². The van der Waals surface area contributed by atoms with Crippen molar-refractivity contribution in [3.63, 3.8) is 0 Å². The fourth-order valence-electron chi connectivity index (χ4n) is 2.64. The maximum atomic E-state index is 12.7. The summed E-state index contributed by atoms with van der Waals surface area (Å²) in [5, 5.41) is 19.2. The van der Waals surface area contributed by atoms with E-state index in [1.165, 1.54) is 0 Å². The highest BCUT2D eigenvalue weighted by Crippen LogP contribution is 2.24. The molecule has 2 rings (SSSR count). The number of unbranched alkanes of at least 4 members (excludes halogenated alkanes) is 1. The highest BCUT2D eigenvalue weighted by Gasteiger charge is 2.30. The predicted molar refractivity (Wildman–Crippen MR) is 83.9 cm³/mol. The van der Waals surface area contributed by atoms with Crippen molar-refractivity contribution in [2.45, 2.75) is 32.3 Å². The van der Waals surface area contributed by atoms with Gasteiger partial charge >= 0.3 is 0 Å². The largest absolute Gasteiger partial charge is 0.493 e. The number of β-amino-alcohol motifs (C(OH)–C–C–N with tert-alkyl or cyclic N) is 1. The van der Waals surface area contributed by atoms with Gasteiger partial charge in [0, 0.05) is 25.6 Å². The van der Waals surface area contributed by atoms with Gasteiger partial charge in [-0.05, 0) is 25.0 Å². The van der Waals surface area contributed by atoms with Crippen molar-refractivity contribution in [3.8, 4) is 5.75 Å². The molecule has 1 aliphatic rings. The number of likely N-dealkylation sites (tertiary alicyclic amines) is 1. The molecule has 122 valence electrons. The van der Waals surface area contributed by atoms with Gasteiger partial charge in [0.05, 0.1) is 18.3 Å². The third-order valence-corrected chi connectivity index (χ3v) is 4.12. The lowest BCUT2D eigenvalue weighted by Crippen LogP contribution is -2.47. The summed E-state index contributed by atoms with van der Waals surface area (Å²) in [6, 6.07) is 7.23. The molecule has 1 aliphatic heterocycles. The number of piperidine rings is 1. The molecule has 0 spiro atoms. The molecule has 22 heavy (non-hydrogen) atoms. The van der Waals surface area contributed by atoms with E-state index in [9.17, 15) is 15.0 Å². The molecular weight excluding hydrogens is 282 g/mol.